The molecular weight excluding hydrogens is 280 g/mol. The summed E-state index contributed by atoms with van der Waals surface area (Å²) in [6.45, 7) is 4.17. The lowest BCUT2D eigenvalue weighted by atomic mass is 10.2. The predicted octanol–water partition coefficient (Wildman–Crippen LogP) is 5.28. The van der Waals surface area contributed by atoms with E-state index < -0.39 is 0 Å². The van der Waals surface area contributed by atoms with E-state index in [9.17, 15) is 0 Å². The molecule has 3 aromatic rings. The van der Waals surface area contributed by atoms with Crippen molar-refractivity contribution >= 4 is 17.1 Å². The number of nitrogens with one attached hydrogen (secondary N) is 1. The summed E-state index contributed by atoms with van der Waals surface area (Å²) in [5.41, 5.74) is 5.55. The number of nitrogens with zero attached hydrogens (tertiary/aromatic N) is 1. The Balaban J connectivity index is 1.92. The smallest absolute Gasteiger partial charge is 0.0657 e. The Bertz CT molecular complexity index is 847. The van der Waals surface area contributed by atoms with E-state index >= 15 is 0 Å². The third kappa shape index (κ3) is 4.30. The zero-order valence-electron chi connectivity index (χ0n) is 13.5. The molecule has 0 aromatic heterocycles. The van der Waals surface area contributed by atoms with Crippen LogP contribution in [0.5, 0.6) is 0 Å². The van der Waals surface area contributed by atoms with Gasteiger partial charge in [-0.25, -0.2) is 4.99 Å². The fourth-order valence-electron chi connectivity index (χ4n) is 2.29. The van der Waals surface area contributed by atoms with Gasteiger partial charge in [0.05, 0.1) is 11.0 Å². The number of hydrogen-bond donors (Lipinski definition) is 1. The van der Waals surface area contributed by atoms with Gasteiger partial charge in [0.15, 0.2) is 0 Å². The molecule has 3 rings (SSSR count). The van der Waals surface area contributed by atoms with E-state index in [1.807, 2.05) is 36.4 Å². The molecule has 0 saturated carbocycles. The highest BCUT2D eigenvalue weighted by atomic mass is 14.9. The van der Waals surface area contributed by atoms with E-state index in [1.165, 1.54) is 11.1 Å². The molecule has 0 saturated heterocycles. The summed E-state index contributed by atoms with van der Waals surface area (Å²) < 4.78 is 0. The van der Waals surface area contributed by atoms with Gasteiger partial charge in [0.1, 0.15) is 0 Å². The molecule has 0 spiro atoms. The summed E-state index contributed by atoms with van der Waals surface area (Å²) >= 11 is 0. The topological polar surface area (TPSA) is 24.4 Å². The number of hydrogen-bond acceptors (Lipinski definition) is 2. The third-order valence-electron chi connectivity index (χ3n) is 3.59. The molecule has 0 atom stereocenters. The molecule has 2 nitrogen and oxygen atoms in total. The van der Waals surface area contributed by atoms with Crippen molar-refractivity contribution in [3.63, 3.8) is 0 Å². The molecule has 0 amide bonds. The molecule has 23 heavy (non-hydrogen) atoms. The van der Waals surface area contributed by atoms with Crippen LogP contribution in [0.25, 0.3) is 0 Å². The van der Waals surface area contributed by atoms with E-state index in [-0.39, 0.29) is 0 Å². The van der Waals surface area contributed by atoms with Crippen LogP contribution in [-0.4, -0.2) is 0 Å². The lowest BCUT2D eigenvalue weighted by Gasteiger charge is -2.04. The van der Waals surface area contributed by atoms with Gasteiger partial charge in [-0.3, -0.25) is 0 Å². The number of rotatable bonds is 3. The fraction of sp³-hybridized carbons (Fsp3) is 0.0952. The van der Waals surface area contributed by atoms with Gasteiger partial charge < -0.3 is 5.32 Å². The summed E-state index contributed by atoms with van der Waals surface area (Å²) in [7, 11) is 0. The zero-order chi connectivity index (χ0) is 16.1. The fourth-order valence-corrected chi connectivity index (χ4v) is 2.29. The number of anilines is 2. The molecule has 114 valence electrons. The predicted molar refractivity (Wildman–Crippen MR) is 97.3 cm³/mol. The third-order valence-corrected chi connectivity index (χ3v) is 3.59. The van der Waals surface area contributed by atoms with Crippen LogP contribution in [0.2, 0.25) is 0 Å². The van der Waals surface area contributed by atoms with Crippen LogP contribution >= 0.6 is 0 Å². The van der Waals surface area contributed by atoms with Crippen molar-refractivity contribution in [2.45, 2.75) is 13.8 Å². The standard InChI is InChI=1S/C21H20N2/c1-16-7-11-18(12-8-16)22-20-5-3-4-6-21(15-20)23-19-13-9-17(2)10-14-19/h3-15,22H,1-2H3. The molecule has 1 N–H and O–H groups in total. The Hall–Kier alpha value is -2.87. The summed E-state index contributed by atoms with van der Waals surface area (Å²) in [4.78, 5) is 4.70. The SMILES string of the molecule is Cc1ccc(N=c2ccccc(Nc3ccc(C)cc3)c2)cc1. The van der Waals surface area contributed by atoms with E-state index in [2.05, 4.69) is 61.6 Å². The molecule has 0 fully saturated rings. The first-order valence-electron chi connectivity index (χ1n) is 7.74. The van der Waals surface area contributed by atoms with Crippen molar-refractivity contribution < 1.29 is 0 Å². The van der Waals surface area contributed by atoms with Gasteiger partial charge >= 0.3 is 0 Å². The first kappa shape index (κ1) is 15.0. The Labute approximate surface area is 137 Å². The van der Waals surface area contributed by atoms with Crippen LogP contribution in [0.3, 0.4) is 0 Å². The maximum atomic E-state index is 4.70. The zero-order valence-corrected chi connectivity index (χ0v) is 13.5. The van der Waals surface area contributed by atoms with Gasteiger partial charge in [0, 0.05) is 11.4 Å². The molecule has 2 heteroatoms. The molecule has 0 unspecified atom stereocenters. The van der Waals surface area contributed by atoms with Gasteiger partial charge in [-0.05, 0) is 56.3 Å². The first-order valence-corrected chi connectivity index (χ1v) is 7.74. The monoisotopic (exact) mass is 300 g/mol. The van der Waals surface area contributed by atoms with E-state index in [0.29, 0.717) is 0 Å². The Kier molecular flexibility index (Phi) is 4.53. The average molecular weight is 300 g/mol. The van der Waals surface area contributed by atoms with Crippen molar-refractivity contribution in [3.05, 3.63) is 95.3 Å². The second-order valence-electron chi connectivity index (χ2n) is 5.68. The minimum Gasteiger partial charge on any atom is -0.355 e. The quantitative estimate of drug-likeness (QED) is 0.699. The van der Waals surface area contributed by atoms with E-state index in [1.54, 1.807) is 0 Å². The minimum atomic E-state index is 0.925. The highest BCUT2D eigenvalue weighted by Crippen LogP contribution is 2.15. The first-order chi connectivity index (χ1) is 11.2. The van der Waals surface area contributed by atoms with Gasteiger partial charge in [-0.1, -0.05) is 47.5 Å². The maximum absolute atomic E-state index is 4.70. The Morgan fingerprint density at radius 2 is 1.26 bits per heavy atom. The average Bonchev–Trinajstić information content (AvgIpc) is 2.77. The molecule has 0 radical (unpaired) electrons. The Morgan fingerprint density at radius 3 is 1.96 bits per heavy atom. The van der Waals surface area contributed by atoms with E-state index in [4.69, 9.17) is 4.99 Å². The maximum Gasteiger partial charge on any atom is 0.0657 e. The molecule has 0 aliphatic rings. The molecule has 0 aliphatic heterocycles. The molecular formula is C21H20N2. The van der Waals surface area contributed by atoms with Crippen molar-refractivity contribution in [1.82, 2.24) is 0 Å². The van der Waals surface area contributed by atoms with Crippen molar-refractivity contribution in [2.75, 3.05) is 5.32 Å². The second-order valence-corrected chi connectivity index (χ2v) is 5.68. The van der Waals surface area contributed by atoms with Crippen LogP contribution in [0.1, 0.15) is 11.1 Å². The summed E-state index contributed by atoms with van der Waals surface area (Å²) in [5.74, 6) is 0. The Morgan fingerprint density at radius 1 is 0.652 bits per heavy atom. The second kappa shape index (κ2) is 6.93. The molecule has 0 bridgehead atoms. The van der Waals surface area contributed by atoms with Crippen molar-refractivity contribution in [2.24, 2.45) is 4.99 Å². The highest BCUT2D eigenvalue weighted by Gasteiger charge is 1.94. The van der Waals surface area contributed by atoms with E-state index in [0.717, 1.165) is 22.4 Å². The summed E-state index contributed by atoms with van der Waals surface area (Å²) in [6, 6.07) is 26.7. The van der Waals surface area contributed by atoms with Crippen molar-refractivity contribution in [3.8, 4) is 0 Å². The van der Waals surface area contributed by atoms with Gasteiger partial charge in [-0.15, -0.1) is 0 Å². The normalized spacial score (nSPS) is 11.3. The minimum absolute atomic E-state index is 0.925. The van der Waals surface area contributed by atoms with Crippen LogP contribution in [0, 0.1) is 13.8 Å². The van der Waals surface area contributed by atoms with Gasteiger partial charge in [0.25, 0.3) is 0 Å². The molecule has 0 heterocycles. The van der Waals surface area contributed by atoms with Crippen LogP contribution in [-0.2, 0) is 0 Å². The molecule has 3 aromatic carbocycles. The van der Waals surface area contributed by atoms with Crippen LogP contribution < -0.4 is 10.7 Å². The van der Waals surface area contributed by atoms with Crippen LogP contribution in [0.4, 0.5) is 17.1 Å². The highest BCUT2D eigenvalue weighted by molar-refractivity contribution is 5.59. The van der Waals surface area contributed by atoms with Gasteiger partial charge in [0.2, 0.25) is 0 Å². The summed E-state index contributed by atoms with van der Waals surface area (Å²) in [5, 5.41) is 4.35. The van der Waals surface area contributed by atoms with Crippen LogP contribution in [0.15, 0.2) is 83.9 Å². The summed E-state index contributed by atoms with van der Waals surface area (Å²) in [6.07, 6.45) is 0. The van der Waals surface area contributed by atoms with Crippen molar-refractivity contribution in [1.29, 1.82) is 0 Å². The largest absolute Gasteiger partial charge is 0.355 e. The number of benzene rings is 2. The van der Waals surface area contributed by atoms with Gasteiger partial charge in [-0.2, -0.15) is 0 Å². The number of aryl methyl sites for hydroxylation is 2. The lowest BCUT2D eigenvalue weighted by Crippen LogP contribution is -1.98. The lowest BCUT2D eigenvalue weighted by molar-refractivity contribution is 1.34. The molecule has 0 aliphatic carbocycles.